The van der Waals surface area contributed by atoms with Crippen LogP contribution in [0.3, 0.4) is 0 Å². The van der Waals surface area contributed by atoms with E-state index in [-0.39, 0.29) is 16.8 Å². The number of thiazole rings is 1. The Hall–Kier alpha value is -1.20. The molecule has 1 aromatic carbocycles. The average Bonchev–Trinajstić information content (AvgIpc) is 2.76. The number of nitrogens with one attached hydrogen (secondary N) is 1. The van der Waals surface area contributed by atoms with Crippen molar-refractivity contribution < 1.29 is 8.78 Å². The van der Waals surface area contributed by atoms with E-state index in [1.165, 1.54) is 11.3 Å². The highest BCUT2D eigenvalue weighted by Gasteiger charge is 2.14. The molecule has 1 heterocycles. The van der Waals surface area contributed by atoms with Gasteiger partial charge in [-0.05, 0) is 13.0 Å². The summed E-state index contributed by atoms with van der Waals surface area (Å²) in [6.45, 7) is 1.85. The second-order valence-electron chi connectivity index (χ2n) is 3.51. The Bertz CT molecular complexity index is 493. The topological polar surface area (TPSA) is 24.9 Å². The fourth-order valence-corrected chi connectivity index (χ4v) is 2.28. The number of rotatable bonds is 3. The molecule has 0 amide bonds. The maximum atomic E-state index is 13.5. The molecule has 0 saturated heterocycles. The van der Waals surface area contributed by atoms with E-state index in [1.54, 1.807) is 11.7 Å². The van der Waals surface area contributed by atoms with Gasteiger partial charge in [-0.2, -0.15) is 0 Å². The molecule has 0 aliphatic carbocycles. The average molecular weight is 275 g/mol. The van der Waals surface area contributed by atoms with Crippen molar-refractivity contribution in [3.05, 3.63) is 45.4 Å². The van der Waals surface area contributed by atoms with Gasteiger partial charge in [0.05, 0.1) is 22.3 Å². The molecule has 0 aliphatic heterocycles. The summed E-state index contributed by atoms with van der Waals surface area (Å²) in [5, 5.41) is 2.93. The van der Waals surface area contributed by atoms with Crippen LogP contribution in [0.15, 0.2) is 23.8 Å². The molecular formula is C11H9ClF2N2S. The number of aromatic nitrogens is 1. The van der Waals surface area contributed by atoms with Crippen molar-refractivity contribution in [3.8, 4) is 0 Å². The van der Waals surface area contributed by atoms with E-state index in [4.69, 9.17) is 11.6 Å². The fourth-order valence-electron chi connectivity index (χ4n) is 1.41. The van der Waals surface area contributed by atoms with Gasteiger partial charge in [0.1, 0.15) is 5.82 Å². The molecule has 0 fully saturated rings. The highest BCUT2D eigenvalue weighted by Crippen LogP contribution is 2.30. The van der Waals surface area contributed by atoms with Crippen molar-refractivity contribution in [2.24, 2.45) is 0 Å². The number of halogens is 3. The van der Waals surface area contributed by atoms with E-state index in [2.05, 4.69) is 10.3 Å². The molecule has 0 radical (unpaired) electrons. The van der Waals surface area contributed by atoms with Gasteiger partial charge in [0.2, 0.25) is 0 Å². The maximum Gasteiger partial charge on any atom is 0.150 e. The van der Waals surface area contributed by atoms with Gasteiger partial charge < -0.3 is 5.32 Å². The number of anilines is 1. The van der Waals surface area contributed by atoms with Crippen LogP contribution in [0, 0.1) is 11.6 Å². The predicted molar refractivity (Wildman–Crippen MR) is 65.5 cm³/mol. The first-order valence-electron chi connectivity index (χ1n) is 4.87. The van der Waals surface area contributed by atoms with Crippen LogP contribution < -0.4 is 5.32 Å². The third-order valence-corrected chi connectivity index (χ3v) is 3.50. The summed E-state index contributed by atoms with van der Waals surface area (Å²) < 4.78 is 26.4. The second-order valence-corrected chi connectivity index (χ2v) is 4.84. The largest absolute Gasteiger partial charge is 0.374 e. The molecule has 2 rings (SSSR count). The summed E-state index contributed by atoms with van der Waals surface area (Å²) in [7, 11) is 0. The zero-order valence-corrected chi connectivity index (χ0v) is 10.4. The SMILES string of the molecule is CC(Nc1c(F)cc(F)cc1Cl)c1cncs1. The summed E-state index contributed by atoms with van der Waals surface area (Å²) in [6, 6.07) is 1.74. The lowest BCUT2D eigenvalue weighted by Crippen LogP contribution is -2.07. The van der Waals surface area contributed by atoms with Crippen LogP contribution in [-0.4, -0.2) is 4.98 Å². The second kappa shape index (κ2) is 4.98. The summed E-state index contributed by atoms with van der Waals surface area (Å²) in [4.78, 5) is 4.88. The molecule has 0 aliphatic rings. The lowest BCUT2D eigenvalue weighted by atomic mass is 10.2. The zero-order chi connectivity index (χ0) is 12.4. The molecule has 6 heteroatoms. The lowest BCUT2D eigenvalue weighted by Gasteiger charge is -2.15. The minimum absolute atomic E-state index is 0.0267. The number of nitrogens with zero attached hydrogens (tertiary/aromatic N) is 1. The monoisotopic (exact) mass is 274 g/mol. The van der Waals surface area contributed by atoms with Gasteiger partial charge in [-0.3, -0.25) is 4.98 Å². The van der Waals surface area contributed by atoms with Gasteiger partial charge in [0, 0.05) is 17.1 Å². The minimum Gasteiger partial charge on any atom is -0.374 e. The Labute approximate surface area is 106 Å². The van der Waals surface area contributed by atoms with Crippen LogP contribution in [0.5, 0.6) is 0 Å². The van der Waals surface area contributed by atoms with Crippen molar-refractivity contribution in [1.82, 2.24) is 4.98 Å². The first-order chi connectivity index (χ1) is 8.08. The Morgan fingerprint density at radius 2 is 2.18 bits per heavy atom. The van der Waals surface area contributed by atoms with Crippen molar-refractivity contribution in [3.63, 3.8) is 0 Å². The van der Waals surface area contributed by atoms with Gasteiger partial charge in [-0.25, -0.2) is 8.78 Å². The Kier molecular flexibility index (Phi) is 3.59. The molecule has 0 bridgehead atoms. The van der Waals surface area contributed by atoms with Gasteiger partial charge in [-0.15, -0.1) is 11.3 Å². The molecule has 0 saturated carbocycles. The molecule has 90 valence electrons. The van der Waals surface area contributed by atoms with Crippen LogP contribution in [0.2, 0.25) is 5.02 Å². The van der Waals surface area contributed by atoms with Gasteiger partial charge in [0.15, 0.2) is 5.82 Å². The van der Waals surface area contributed by atoms with Gasteiger partial charge >= 0.3 is 0 Å². The van der Waals surface area contributed by atoms with Gasteiger partial charge in [0.25, 0.3) is 0 Å². The molecule has 2 nitrogen and oxygen atoms in total. The third-order valence-electron chi connectivity index (χ3n) is 2.25. The number of benzene rings is 1. The minimum atomic E-state index is -0.702. The van der Waals surface area contributed by atoms with Crippen LogP contribution in [0.25, 0.3) is 0 Å². The molecule has 1 N–H and O–H groups in total. The smallest absolute Gasteiger partial charge is 0.150 e. The standard InChI is InChI=1S/C11H9ClF2N2S/c1-6(10-4-15-5-17-10)16-11-8(12)2-7(13)3-9(11)14/h2-6,16H,1H3. The Morgan fingerprint density at radius 1 is 1.41 bits per heavy atom. The van der Waals surface area contributed by atoms with E-state index in [9.17, 15) is 8.78 Å². The highest BCUT2D eigenvalue weighted by atomic mass is 35.5. The quantitative estimate of drug-likeness (QED) is 0.905. The van der Waals surface area contributed by atoms with Crippen molar-refractivity contribution in [1.29, 1.82) is 0 Å². The van der Waals surface area contributed by atoms with E-state index in [1.807, 2.05) is 6.92 Å². The summed E-state index contributed by atoms with van der Waals surface area (Å²) in [5.74, 6) is -1.39. The van der Waals surface area contributed by atoms with Gasteiger partial charge in [-0.1, -0.05) is 11.6 Å². The normalized spacial score (nSPS) is 12.5. The molecule has 1 aromatic heterocycles. The van der Waals surface area contributed by atoms with Crippen molar-refractivity contribution >= 4 is 28.6 Å². The lowest BCUT2D eigenvalue weighted by molar-refractivity contribution is 0.584. The van der Waals surface area contributed by atoms with E-state index in [0.717, 1.165) is 17.0 Å². The van der Waals surface area contributed by atoms with Crippen LogP contribution in [-0.2, 0) is 0 Å². The maximum absolute atomic E-state index is 13.5. The highest BCUT2D eigenvalue weighted by molar-refractivity contribution is 7.09. The van der Waals surface area contributed by atoms with E-state index in [0.29, 0.717) is 0 Å². The van der Waals surface area contributed by atoms with Crippen LogP contribution in [0.4, 0.5) is 14.5 Å². The summed E-state index contributed by atoms with van der Waals surface area (Å²) in [5.41, 5.74) is 1.80. The molecule has 17 heavy (non-hydrogen) atoms. The molecule has 1 atom stereocenters. The first kappa shape index (κ1) is 12.3. The first-order valence-corrected chi connectivity index (χ1v) is 6.13. The number of hydrogen-bond donors (Lipinski definition) is 1. The summed E-state index contributed by atoms with van der Waals surface area (Å²) in [6.07, 6.45) is 1.69. The van der Waals surface area contributed by atoms with E-state index >= 15 is 0 Å². The van der Waals surface area contributed by atoms with Crippen molar-refractivity contribution in [2.45, 2.75) is 13.0 Å². The van der Waals surface area contributed by atoms with E-state index < -0.39 is 11.6 Å². The molecule has 1 unspecified atom stereocenters. The number of hydrogen-bond acceptors (Lipinski definition) is 3. The molecule has 2 aromatic rings. The molecular weight excluding hydrogens is 266 g/mol. The Morgan fingerprint density at radius 3 is 2.76 bits per heavy atom. The van der Waals surface area contributed by atoms with Crippen molar-refractivity contribution in [2.75, 3.05) is 5.32 Å². The third kappa shape index (κ3) is 2.73. The summed E-state index contributed by atoms with van der Waals surface area (Å²) >= 11 is 7.24. The van der Waals surface area contributed by atoms with Crippen LogP contribution in [0.1, 0.15) is 17.8 Å². The zero-order valence-electron chi connectivity index (χ0n) is 8.88. The fraction of sp³-hybridized carbons (Fsp3) is 0.182. The Balaban J connectivity index is 2.25. The van der Waals surface area contributed by atoms with Crippen LogP contribution >= 0.6 is 22.9 Å². The predicted octanol–water partition coefficient (Wildman–Crippen LogP) is 4.25. The molecule has 0 spiro atoms.